The molecule has 0 saturated carbocycles. The highest BCUT2D eigenvalue weighted by atomic mass is 32.1. The summed E-state index contributed by atoms with van der Waals surface area (Å²) < 4.78 is 6.28. The zero-order valence-electron chi connectivity index (χ0n) is 14.8. The number of ether oxygens (including phenoxy) is 1. The fourth-order valence-corrected chi connectivity index (χ4v) is 3.82. The molecule has 3 aromatic heterocycles. The molecule has 27 heavy (non-hydrogen) atoms. The molecule has 0 fully saturated rings. The quantitative estimate of drug-likeness (QED) is 0.600. The summed E-state index contributed by atoms with van der Waals surface area (Å²) in [6, 6.07) is 5.93. The van der Waals surface area contributed by atoms with E-state index in [4.69, 9.17) is 9.84 Å². The van der Waals surface area contributed by atoms with Crippen LogP contribution in [-0.2, 0) is 6.42 Å². The van der Waals surface area contributed by atoms with Gasteiger partial charge in [-0.15, -0.1) is 11.3 Å². The van der Waals surface area contributed by atoms with Crippen LogP contribution >= 0.6 is 11.3 Å². The molecule has 0 radical (unpaired) electrons. The number of hydrogen-bond acceptors (Lipinski definition) is 8. The Labute approximate surface area is 160 Å². The molecule has 0 aromatic carbocycles. The topological polar surface area (TPSA) is 100 Å². The maximum absolute atomic E-state index is 9.70. The number of aliphatic hydroxyl groups is 2. The summed E-state index contributed by atoms with van der Waals surface area (Å²) in [4.78, 5) is 13.2. The Bertz CT molecular complexity index is 946. The molecule has 0 saturated heterocycles. The van der Waals surface area contributed by atoms with Gasteiger partial charge in [-0.1, -0.05) is 6.07 Å². The van der Waals surface area contributed by atoms with Gasteiger partial charge in [-0.3, -0.25) is 4.98 Å². The minimum atomic E-state index is -0.985. The summed E-state index contributed by atoms with van der Waals surface area (Å²) in [6.45, 7) is 1.60. The van der Waals surface area contributed by atoms with Gasteiger partial charge in [0.05, 0.1) is 12.3 Å². The molecule has 7 nitrogen and oxygen atoms in total. The second-order valence-corrected chi connectivity index (χ2v) is 7.30. The van der Waals surface area contributed by atoms with Gasteiger partial charge in [-0.05, 0) is 37.5 Å². The smallest absolute Gasteiger partial charge is 0.188 e. The fraction of sp³-hybridized carbons (Fsp3) is 0.316. The predicted molar refractivity (Wildman–Crippen MR) is 102 cm³/mol. The lowest BCUT2D eigenvalue weighted by Gasteiger charge is -2.17. The number of aryl methyl sites for hydroxylation is 2. The molecule has 1 aliphatic rings. The minimum absolute atomic E-state index is 0.0547. The van der Waals surface area contributed by atoms with Crippen LogP contribution in [0.5, 0.6) is 5.75 Å². The normalized spacial score (nSPS) is 16.8. The van der Waals surface area contributed by atoms with Crippen molar-refractivity contribution in [2.45, 2.75) is 32.0 Å². The third-order valence-electron chi connectivity index (χ3n) is 4.44. The number of anilines is 2. The van der Waals surface area contributed by atoms with Gasteiger partial charge >= 0.3 is 0 Å². The van der Waals surface area contributed by atoms with E-state index in [9.17, 15) is 5.11 Å². The third kappa shape index (κ3) is 3.78. The number of thiazole rings is 1. The first-order valence-electron chi connectivity index (χ1n) is 8.72. The lowest BCUT2D eigenvalue weighted by molar-refractivity contribution is 0.0928. The van der Waals surface area contributed by atoms with Crippen LogP contribution in [0.2, 0.25) is 0 Å². The first-order chi connectivity index (χ1) is 13.1. The molecule has 3 N–H and O–H groups in total. The number of nitrogens with one attached hydrogen (secondary N) is 1. The third-order valence-corrected chi connectivity index (χ3v) is 5.21. The second kappa shape index (κ2) is 7.59. The number of nitrogens with zero attached hydrogens (tertiary/aromatic N) is 3. The van der Waals surface area contributed by atoms with Crippen LogP contribution in [0, 0.1) is 6.92 Å². The van der Waals surface area contributed by atoms with Crippen molar-refractivity contribution in [3.05, 3.63) is 58.5 Å². The van der Waals surface area contributed by atoms with E-state index in [0.29, 0.717) is 22.4 Å². The highest BCUT2D eigenvalue weighted by molar-refractivity contribution is 7.13. The summed E-state index contributed by atoms with van der Waals surface area (Å²) in [6.07, 6.45) is 4.31. The van der Waals surface area contributed by atoms with Crippen LogP contribution in [0.25, 0.3) is 0 Å². The molecular weight excluding hydrogens is 364 g/mol. The Morgan fingerprint density at radius 1 is 1.41 bits per heavy atom. The summed E-state index contributed by atoms with van der Waals surface area (Å²) in [5.41, 5.74) is 3.62. The lowest BCUT2D eigenvalue weighted by Crippen LogP contribution is -2.07. The van der Waals surface area contributed by atoms with Crippen molar-refractivity contribution in [1.82, 2.24) is 15.0 Å². The van der Waals surface area contributed by atoms with Gasteiger partial charge in [0.2, 0.25) is 0 Å². The zero-order chi connectivity index (χ0) is 18.8. The Balaban J connectivity index is 1.57. The molecule has 8 heteroatoms. The SMILES string of the molecule is Cc1cnc(Nc2nc(C(O)CO)cs2)c(OC2CCc3ncccc32)c1. The Hall–Kier alpha value is -2.55. The van der Waals surface area contributed by atoms with E-state index in [2.05, 4.69) is 26.3 Å². The first-order valence-corrected chi connectivity index (χ1v) is 9.60. The van der Waals surface area contributed by atoms with E-state index >= 15 is 0 Å². The van der Waals surface area contributed by atoms with Gasteiger partial charge < -0.3 is 20.3 Å². The Morgan fingerprint density at radius 3 is 3.15 bits per heavy atom. The van der Waals surface area contributed by atoms with Crippen molar-refractivity contribution in [2.24, 2.45) is 0 Å². The molecule has 3 aromatic rings. The van der Waals surface area contributed by atoms with Crippen LogP contribution in [0.1, 0.15) is 41.1 Å². The molecule has 0 amide bonds. The van der Waals surface area contributed by atoms with Crippen LogP contribution < -0.4 is 10.1 Å². The molecule has 4 rings (SSSR count). The molecule has 2 unspecified atom stereocenters. The van der Waals surface area contributed by atoms with Crippen molar-refractivity contribution in [2.75, 3.05) is 11.9 Å². The summed E-state index contributed by atoms with van der Waals surface area (Å²) >= 11 is 1.33. The average molecular weight is 384 g/mol. The van der Waals surface area contributed by atoms with Crippen molar-refractivity contribution in [3.63, 3.8) is 0 Å². The highest BCUT2D eigenvalue weighted by Gasteiger charge is 2.26. The van der Waals surface area contributed by atoms with Gasteiger partial charge in [0.1, 0.15) is 12.2 Å². The molecule has 3 heterocycles. The van der Waals surface area contributed by atoms with Gasteiger partial charge in [0, 0.05) is 29.0 Å². The maximum atomic E-state index is 9.70. The number of aromatic nitrogens is 3. The van der Waals surface area contributed by atoms with E-state index in [1.165, 1.54) is 11.3 Å². The van der Waals surface area contributed by atoms with Crippen molar-refractivity contribution in [3.8, 4) is 5.75 Å². The number of hydrogen-bond donors (Lipinski definition) is 3. The molecular formula is C19H20N4O3S. The van der Waals surface area contributed by atoms with E-state index in [1.807, 2.05) is 25.3 Å². The van der Waals surface area contributed by atoms with Gasteiger partial charge in [-0.25, -0.2) is 9.97 Å². The van der Waals surface area contributed by atoms with E-state index in [-0.39, 0.29) is 12.7 Å². The zero-order valence-corrected chi connectivity index (χ0v) is 15.6. The van der Waals surface area contributed by atoms with Gasteiger partial charge in [0.15, 0.2) is 16.7 Å². The first kappa shape index (κ1) is 17.8. The molecule has 0 aliphatic heterocycles. The van der Waals surface area contributed by atoms with E-state index < -0.39 is 6.10 Å². The monoisotopic (exact) mass is 384 g/mol. The highest BCUT2D eigenvalue weighted by Crippen LogP contribution is 2.37. The molecule has 0 bridgehead atoms. The summed E-state index contributed by atoms with van der Waals surface area (Å²) in [7, 11) is 0. The Morgan fingerprint density at radius 2 is 2.30 bits per heavy atom. The minimum Gasteiger partial charge on any atom is -0.482 e. The van der Waals surface area contributed by atoms with Crippen molar-refractivity contribution < 1.29 is 14.9 Å². The van der Waals surface area contributed by atoms with Crippen molar-refractivity contribution in [1.29, 1.82) is 0 Å². The number of pyridine rings is 2. The Kier molecular flexibility index (Phi) is 5.02. The molecule has 1 aliphatic carbocycles. The summed E-state index contributed by atoms with van der Waals surface area (Å²) in [5.74, 6) is 1.22. The molecule has 2 atom stereocenters. The molecule has 0 spiro atoms. The average Bonchev–Trinajstić information content (AvgIpc) is 3.31. The van der Waals surface area contributed by atoms with Crippen molar-refractivity contribution >= 4 is 22.3 Å². The predicted octanol–water partition coefficient (Wildman–Crippen LogP) is 3.08. The standard InChI is InChI=1S/C19H20N4O3S/c1-11-7-17(26-16-5-4-13-12(16)3-2-6-20-13)18(21-8-11)23-19-22-14(10-27-19)15(25)9-24/h2-3,6-8,10,15-16,24-25H,4-5,9H2,1H3,(H,21,22,23). The van der Waals surface area contributed by atoms with Crippen LogP contribution in [0.4, 0.5) is 10.9 Å². The lowest BCUT2D eigenvalue weighted by atomic mass is 10.2. The van der Waals surface area contributed by atoms with E-state index in [0.717, 1.165) is 29.7 Å². The van der Waals surface area contributed by atoms with E-state index in [1.54, 1.807) is 11.6 Å². The van der Waals surface area contributed by atoms with Crippen LogP contribution in [0.3, 0.4) is 0 Å². The largest absolute Gasteiger partial charge is 0.482 e. The fourth-order valence-electron chi connectivity index (χ4n) is 3.07. The van der Waals surface area contributed by atoms with Gasteiger partial charge in [-0.2, -0.15) is 0 Å². The van der Waals surface area contributed by atoms with Crippen LogP contribution in [-0.4, -0.2) is 31.8 Å². The number of rotatable bonds is 6. The number of fused-ring (bicyclic) bond motifs is 1. The maximum Gasteiger partial charge on any atom is 0.188 e. The van der Waals surface area contributed by atoms with Gasteiger partial charge in [0.25, 0.3) is 0 Å². The molecule has 140 valence electrons. The van der Waals surface area contributed by atoms with Crippen LogP contribution in [0.15, 0.2) is 36.0 Å². The number of aliphatic hydroxyl groups excluding tert-OH is 2. The summed E-state index contributed by atoms with van der Waals surface area (Å²) in [5, 5.41) is 24.2. The second-order valence-electron chi connectivity index (χ2n) is 6.44.